The molecular weight excluding hydrogens is 356 g/mol. The first-order valence-corrected chi connectivity index (χ1v) is 9.55. The second-order valence-corrected chi connectivity index (χ2v) is 8.17. The fraction of sp³-hybridized carbons (Fsp3) is 0.571. The molecule has 0 saturated carbocycles. The number of sulfonamides is 1. The summed E-state index contributed by atoms with van der Waals surface area (Å²) >= 11 is 3.46. The summed E-state index contributed by atoms with van der Waals surface area (Å²) in [5.41, 5.74) is 1.09. The Morgan fingerprint density at radius 1 is 1.38 bits per heavy atom. The van der Waals surface area contributed by atoms with E-state index >= 15 is 0 Å². The summed E-state index contributed by atoms with van der Waals surface area (Å²) in [7, 11) is -1.39. The van der Waals surface area contributed by atoms with Gasteiger partial charge in [-0.15, -0.1) is 0 Å². The molecule has 1 aromatic rings. The van der Waals surface area contributed by atoms with E-state index in [0.717, 1.165) is 28.6 Å². The molecule has 118 valence electrons. The van der Waals surface area contributed by atoms with Crippen LogP contribution in [0.3, 0.4) is 0 Å². The van der Waals surface area contributed by atoms with Gasteiger partial charge < -0.3 is 10.1 Å². The van der Waals surface area contributed by atoms with Gasteiger partial charge in [0.2, 0.25) is 10.0 Å². The van der Waals surface area contributed by atoms with E-state index in [2.05, 4.69) is 21.2 Å². The Balaban J connectivity index is 1.89. The molecule has 1 aromatic carbocycles. The van der Waals surface area contributed by atoms with Crippen molar-refractivity contribution in [2.45, 2.75) is 25.4 Å². The standard InChI is InChI=1S/C14H21BrN2O3S/c1-20-14-4-3-12(15)9-11(14)10-16-13-5-7-17(8-6-13)21(2,18)19/h3-4,9,13,16H,5-8,10H2,1-2H3. The molecule has 0 aromatic heterocycles. The van der Waals surface area contributed by atoms with Crippen molar-refractivity contribution in [3.05, 3.63) is 28.2 Å². The second kappa shape index (κ2) is 7.09. The SMILES string of the molecule is COc1ccc(Br)cc1CNC1CCN(S(C)(=O)=O)CC1. The minimum absolute atomic E-state index is 0.340. The lowest BCUT2D eigenvalue weighted by Gasteiger charge is -2.30. The normalized spacial score (nSPS) is 17.9. The van der Waals surface area contributed by atoms with Crippen LogP contribution in [0.25, 0.3) is 0 Å². The molecule has 7 heteroatoms. The van der Waals surface area contributed by atoms with Crippen molar-refractivity contribution in [1.82, 2.24) is 9.62 Å². The number of benzene rings is 1. The molecule has 2 rings (SSSR count). The van der Waals surface area contributed by atoms with E-state index in [9.17, 15) is 8.42 Å². The fourth-order valence-electron chi connectivity index (χ4n) is 2.53. The van der Waals surface area contributed by atoms with Crippen molar-refractivity contribution in [1.29, 1.82) is 0 Å². The predicted molar refractivity (Wildman–Crippen MR) is 87.0 cm³/mol. The molecule has 0 aliphatic carbocycles. The molecule has 5 nitrogen and oxygen atoms in total. The number of halogens is 1. The van der Waals surface area contributed by atoms with E-state index in [1.807, 2.05) is 18.2 Å². The molecule has 0 amide bonds. The third kappa shape index (κ3) is 4.67. The lowest BCUT2D eigenvalue weighted by Crippen LogP contribution is -2.44. The van der Waals surface area contributed by atoms with Gasteiger partial charge in [0, 0.05) is 35.7 Å². The maximum absolute atomic E-state index is 11.5. The first-order chi connectivity index (χ1) is 9.90. The molecule has 1 saturated heterocycles. The Hall–Kier alpha value is -0.630. The van der Waals surface area contributed by atoms with Gasteiger partial charge in [0.25, 0.3) is 0 Å². The summed E-state index contributed by atoms with van der Waals surface area (Å²) < 4.78 is 30.9. The number of piperidine rings is 1. The van der Waals surface area contributed by atoms with Gasteiger partial charge >= 0.3 is 0 Å². The molecule has 0 spiro atoms. The number of nitrogens with one attached hydrogen (secondary N) is 1. The number of rotatable bonds is 5. The molecule has 0 bridgehead atoms. The van der Waals surface area contributed by atoms with Crippen molar-refractivity contribution in [2.24, 2.45) is 0 Å². The fourth-order valence-corrected chi connectivity index (χ4v) is 3.81. The highest BCUT2D eigenvalue weighted by Gasteiger charge is 2.24. The van der Waals surface area contributed by atoms with Crippen LogP contribution < -0.4 is 10.1 Å². The molecule has 1 heterocycles. The van der Waals surface area contributed by atoms with Gasteiger partial charge in [-0.05, 0) is 31.0 Å². The van der Waals surface area contributed by atoms with Crippen LogP contribution in [0.5, 0.6) is 5.75 Å². The number of methoxy groups -OCH3 is 1. The average Bonchev–Trinajstić information content (AvgIpc) is 2.45. The third-order valence-corrected chi connectivity index (χ3v) is 5.54. The lowest BCUT2D eigenvalue weighted by molar-refractivity contribution is 0.289. The average molecular weight is 377 g/mol. The Kier molecular flexibility index (Phi) is 5.65. The van der Waals surface area contributed by atoms with Crippen molar-refractivity contribution >= 4 is 26.0 Å². The van der Waals surface area contributed by atoms with Crippen LogP contribution in [0, 0.1) is 0 Å². The lowest BCUT2D eigenvalue weighted by atomic mass is 10.1. The van der Waals surface area contributed by atoms with Crippen LogP contribution >= 0.6 is 15.9 Å². The largest absolute Gasteiger partial charge is 0.496 e. The van der Waals surface area contributed by atoms with Crippen LogP contribution in [0.15, 0.2) is 22.7 Å². The van der Waals surface area contributed by atoms with Gasteiger partial charge in [-0.3, -0.25) is 0 Å². The van der Waals surface area contributed by atoms with Gasteiger partial charge in [-0.25, -0.2) is 12.7 Å². The van der Waals surface area contributed by atoms with E-state index in [4.69, 9.17) is 4.74 Å². The van der Waals surface area contributed by atoms with Crippen LogP contribution in [0.1, 0.15) is 18.4 Å². The summed E-state index contributed by atoms with van der Waals surface area (Å²) in [5.74, 6) is 0.860. The zero-order valence-corrected chi connectivity index (χ0v) is 14.7. The first kappa shape index (κ1) is 16.7. The molecule has 21 heavy (non-hydrogen) atoms. The quantitative estimate of drug-likeness (QED) is 0.853. The van der Waals surface area contributed by atoms with Gasteiger partial charge in [-0.1, -0.05) is 15.9 Å². The predicted octanol–water partition coefficient (Wildman–Crippen LogP) is 1.97. The van der Waals surface area contributed by atoms with Gasteiger partial charge in [-0.2, -0.15) is 0 Å². The first-order valence-electron chi connectivity index (χ1n) is 6.91. The smallest absolute Gasteiger partial charge is 0.211 e. The highest BCUT2D eigenvalue weighted by molar-refractivity contribution is 9.10. The number of hydrogen-bond donors (Lipinski definition) is 1. The number of ether oxygens (including phenoxy) is 1. The maximum atomic E-state index is 11.5. The van der Waals surface area contributed by atoms with E-state index < -0.39 is 10.0 Å². The van der Waals surface area contributed by atoms with E-state index in [1.165, 1.54) is 6.26 Å². The molecule has 1 fully saturated rings. The molecule has 0 radical (unpaired) electrons. The topological polar surface area (TPSA) is 58.6 Å². The molecular formula is C14H21BrN2O3S. The molecule has 1 aliphatic heterocycles. The summed E-state index contributed by atoms with van der Waals surface area (Å²) in [6.45, 7) is 1.89. The Labute approximate surface area is 134 Å². The minimum atomic E-state index is -3.05. The zero-order valence-electron chi connectivity index (χ0n) is 12.3. The van der Waals surface area contributed by atoms with Crippen LogP contribution in [0.2, 0.25) is 0 Å². The van der Waals surface area contributed by atoms with Gasteiger partial charge in [0.1, 0.15) is 5.75 Å². The number of nitrogens with zero attached hydrogens (tertiary/aromatic N) is 1. The molecule has 1 N–H and O–H groups in total. The van der Waals surface area contributed by atoms with Crippen LogP contribution in [-0.2, 0) is 16.6 Å². The van der Waals surface area contributed by atoms with Crippen molar-refractivity contribution in [3.63, 3.8) is 0 Å². The van der Waals surface area contributed by atoms with Crippen molar-refractivity contribution in [3.8, 4) is 5.75 Å². The minimum Gasteiger partial charge on any atom is -0.496 e. The Morgan fingerprint density at radius 3 is 2.62 bits per heavy atom. The second-order valence-electron chi connectivity index (χ2n) is 5.27. The highest BCUT2D eigenvalue weighted by atomic mass is 79.9. The van der Waals surface area contributed by atoms with E-state index in [0.29, 0.717) is 25.7 Å². The van der Waals surface area contributed by atoms with Crippen molar-refractivity contribution in [2.75, 3.05) is 26.5 Å². The summed E-state index contributed by atoms with van der Waals surface area (Å²) in [5, 5.41) is 3.49. The molecule has 1 aliphatic rings. The third-order valence-electron chi connectivity index (χ3n) is 3.75. The van der Waals surface area contributed by atoms with E-state index in [1.54, 1.807) is 11.4 Å². The molecule has 0 unspecified atom stereocenters. The van der Waals surface area contributed by atoms with Gasteiger partial charge in [0.05, 0.1) is 13.4 Å². The maximum Gasteiger partial charge on any atom is 0.211 e. The Morgan fingerprint density at radius 2 is 2.05 bits per heavy atom. The summed E-state index contributed by atoms with van der Waals surface area (Å²) in [6, 6.07) is 6.27. The summed E-state index contributed by atoms with van der Waals surface area (Å²) in [4.78, 5) is 0. The summed E-state index contributed by atoms with van der Waals surface area (Å²) in [6.07, 6.45) is 2.94. The van der Waals surface area contributed by atoms with Crippen molar-refractivity contribution < 1.29 is 13.2 Å². The van der Waals surface area contributed by atoms with Crippen LogP contribution in [-0.4, -0.2) is 45.2 Å². The highest BCUT2D eigenvalue weighted by Crippen LogP contribution is 2.23. The van der Waals surface area contributed by atoms with Crippen LogP contribution in [0.4, 0.5) is 0 Å². The monoisotopic (exact) mass is 376 g/mol. The molecule has 0 atom stereocenters. The number of hydrogen-bond acceptors (Lipinski definition) is 4. The van der Waals surface area contributed by atoms with E-state index in [-0.39, 0.29) is 0 Å². The Bertz CT molecular complexity index is 584. The zero-order chi connectivity index (χ0) is 15.5. The van der Waals surface area contributed by atoms with Gasteiger partial charge in [0.15, 0.2) is 0 Å².